The largest absolute Gasteiger partial charge is 0.454 e. The number of aromatic nitrogens is 1. The third kappa shape index (κ3) is 16.9. The Kier molecular flexibility index (Phi) is 19.6. The Morgan fingerprint density at radius 1 is 1.05 bits per heavy atom. The van der Waals surface area contributed by atoms with Crippen LogP contribution in [0, 0.1) is 11.2 Å². The van der Waals surface area contributed by atoms with Gasteiger partial charge in [-0.3, -0.25) is 23.9 Å². The van der Waals surface area contributed by atoms with Crippen LogP contribution in [0.3, 0.4) is 0 Å². The third-order valence-electron chi connectivity index (χ3n) is 8.45. The minimum absolute atomic E-state index is 0.0375. The van der Waals surface area contributed by atoms with E-state index in [9.17, 15) is 31.8 Å². The Balaban J connectivity index is 0.000000498. The van der Waals surface area contributed by atoms with Crippen molar-refractivity contribution in [3.63, 3.8) is 0 Å². The molecule has 0 bridgehead atoms. The molecule has 1 atom stereocenters. The van der Waals surface area contributed by atoms with Gasteiger partial charge >= 0.3 is 12.2 Å². The predicted molar refractivity (Wildman–Crippen MR) is 239 cm³/mol. The van der Waals surface area contributed by atoms with Crippen LogP contribution in [0.2, 0.25) is 5.02 Å². The van der Waals surface area contributed by atoms with Crippen molar-refractivity contribution in [2.45, 2.75) is 63.6 Å². The Morgan fingerprint density at radius 3 is 2.27 bits per heavy atom. The first-order valence-corrected chi connectivity index (χ1v) is 21.8. The zero-order valence-electron chi connectivity index (χ0n) is 35.0. The average molecular weight is 924 g/mol. The number of ether oxygens (including phenoxy) is 1. The summed E-state index contributed by atoms with van der Waals surface area (Å²) in [6, 6.07) is 15.8. The van der Waals surface area contributed by atoms with E-state index in [-0.39, 0.29) is 48.8 Å². The second-order valence-electron chi connectivity index (χ2n) is 14.4. The fourth-order valence-corrected chi connectivity index (χ4v) is 6.72. The monoisotopic (exact) mass is 923 g/mol. The van der Waals surface area contributed by atoms with Crippen molar-refractivity contribution in [3.8, 4) is 0 Å². The molecule has 1 unspecified atom stereocenters. The number of aliphatic imine (C=N–C) groups is 3. The van der Waals surface area contributed by atoms with Gasteiger partial charge in [-0.2, -0.15) is 18.2 Å². The molecular weight excluding hydrogens is 874 g/mol. The molecule has 21 heteroatoms. The molecule has 0 aliphatic heterocycles. The number of nitrogens with one attached hydrogen (secondary N) is 5. The number of aldehydes is 1. The number of fused-ring (bicyclic) bond motifs is 1. The summed E-state index contributed by atoms with van der Waals surface area (Å²) in [6.07, 6.45) is 0.0220. The molecule has 3 aromatic carbocycles. The van der Waals surface area contributed by atoms with E-state index < -0.39 is 52.7 Å². The molecule has 1 heterocycles. The minimum Gasteiger partial charge on any atom is -0.454 e. The van der Waals surface area contributed by atoms with Gasteiger partial charge in [0.2, 0.25) is 12.2 Å². The van der Waals surface area contributed by atoms with Gasteiger partial charge in [0.25, 0.3) is 11.8 Å². The first-order valence-electron chi connectivity index (χ1n) is 19.1. The zero-order chi connectivity index (χ0) is 46.1. The summed E-state index contributed by atoms with van der Waals surface area (Å²) in [6.45, 7) is 9.31. The van der Waals surface area contributed by atoms with Crippen LogP contribution in [-0.2, 0) is 30.7 Å². The standard InChI is InChI=1S/C29H32ClF4N7O4.C9H10N2OS2.C3H8/c1-27(2,14-36-23(43)13-42)15-37-24(44)21-9-8-20(12-22(21)31)40-25(41-26(35-3)45-16-29(32,33)34)38-17-39-28(10-11-28)18-4-6-19(30)7-5-18;1-10-9-11-7-4-3-6(14(2)12)5-8(7)13-9;1-3-2/h4-9,12-13,39H,3,10-11,14-17H2,1-2H3,(H,36,43)(H,37,44)(H,38,40);3-5H,1-2H3,(H,10,11);3H2,1-2H3/b41-26+;;. The maximum absolute atomic E-state index is 15.0. The summed E-state index contributed by atoms with van der Waals surface area (Å²) in [5.74, 6) is -2.72. The summed E-state index contributed by atoms with van der Waals surface area (Å²) >= 11 is 7.56. The topological polar surface area (TPSA) is 188 Å². The number of rotatable bonds is 14. The fourth-order valence-electron chi connectivity index (χ4n) is 5.12. The van der Waals surface area contributed by atoms with Gasteiger partial charge in [0.15, 0.2) is 11.7 Å². The predicted octanol–water partition coefficient (Wildman–Crippen LogP) is 7.68. The quantitative estimate of drug-likeness (QED) is 0.0278. The van der Waals surface area contributed by atoms with Crippen molar-refractivity contribution in [3.05, 3.63) is 82.6 Å². The number of carbonyl (C=O) groups is 3. The number of nitrogens with zero attached hydrogens (tertiary/aromatic N) is 4. The van der Waals surface area contributed by atoms with Gasteiger partial charge in [-0.15, -0.1) is 0 Å². The van der Waals surface area contributed by atoms with Crippen molar-refractivity contribution in [2.75, 3.05) is 50.3 Å². The molecule has 1 aliphatic carbocycles. The zero-order valence-corrected chi connectivity index (χ0v) is 37.4. The number of alkyl halides is 3. The minimum atomic E-state index is -4.66. The van der Waals surface area contributed by atoms with E-state index in [0.717, 1.165) is 44.7 Å². The summed E-state index contributed by atoms with van der Waals surface area (Å²) < 4.78 is 70.1. The number of hydrogen-bond donors (Lipinski definition) is 5. The first kappa shape index (κ1) is 51.0. The number of carbonyl (C=O) groups excluding carboxylic acids is 3. The van der Waals surface area contributed by atoms with Gasteiger partial charge in [0, 0.05) is 58.3 Å². The van der Waals surface area contributed by atoms with Crippen LogP contribution >= 0.6 is 22.9 Å². The molecule has 62 heavy (non-hydrogen) atoms. The normalized spacial score (nSPS) is 13.9. The molecule has 1 aromatic heterocycles. The first-order chi connectivity index (χ1) is 29.3. The number of thiazole rings is 1. The lowest BCUT2D eigenvalue weighted by Crippen LogP contribution is -2.42. The van der Waals surface area contributed by atoms with Gasteiger partial charge < -0.3 is 26.0 Å². The highest BCUT2D eigenvalue weighted by molar-refractivity contribution is 7.84. The lowest BCUT2D eigenvalue weighted by Gasteiger charge is -2.25. The van der Waals surface area contributed by atoms with Gasteiger partial charge in [0.1, 0.15) is 5.82 Å². The number of hydrogen-bond acceptors (Lipinski definition) is 10. The number of guanidine groups is 1. The fraction of sp³-hybridized carbons (Fsp3) is 0.390. The van der Waals surface area contributed by atoms with Gasteiger partial charge in [-0.25, -0.2) is 19.4 Å². The molecule has 0 spiro atoms. The highest BCUT2D eigenvalue weighted by Gasteiger charge is 2.43. The van der Waals surface area contributed by atoms with E-state index in [0.29, 0.717) is 5.02 Å². The van der Waals surface area contributed by atoms with E-state index >= 15 is 4.39 Å². The maximum atomic E-state index is 15.0. The second kappa shape index (κ2) is 23.8. The van der Waals surface area contributed by atoms with Gasteiger partial charge in [0.05, 0.1) is 22.4 Å². The smallest absolute Gasteiger partial charge is 0.422 e. The van der Waals surface area contributed by atoms with Crippen LogP contribution in [0.4, 0.5) is 28.4 Å². The van der Waals surface area contributed by atoms with Crippen LogP contribution in [0.5, 0.6) is 0 Å². The highest BCUT2D eigenvalue weighted by atomic mass is 35.5. The lowest BCUT2D eigenvalue weighted by molar-refractivity contribution is -0.156. The molecule has 1 aliphatic rings. The number of halogens is 5. The molecule has 14 nitrogen and oxygen atoms in total. The maximum Gasteiger partial charge on any atom is 0.422 e. The second-order valence-corrected chi connectivity index (χ2v) is 17.3. The van der Waals surface area contributed by atoms with E-state index in [1.807, 2.05) is 37.4 Å². The van der Waals surface area contributed by atoms with E-state index in [1.54, 1.807) is 43.6 Å². The SMILES string of the molecule is C=N/C(=N\C(=N/CNC1(c2ccc(Cl)cc2)CC1)Nc1ccc(C(=O)NCC(C)(C)CNC(=O)C=O)c(F)c1)OCC(F)(F)F.CCC.CNc1nc2ccc(S(C)=O)cc2s1. The van der Waals surface area contributed by atoms with Crippen LogP contribution in [0.15, 0.2) is 80.5 Å². The van der Waals surface area contributed by atoms with Crippen LogP contribution in [0.1, 0.15) is 62.9 Å². The molecule has 1 fully saturated rings. The molecule has 5 N–H and O–H groups in total. The third-order valence-corrected chi connectivity index (χ3v) is 10.7. The Hall–Kier alpha value is -5.31. The summed E-state index contributed by atoms with van der Waals surface area (Å²) in [5, 5.41) is 15.4. The summed E-state index contributed by atoms with van der Waals surface area (Å²) in [5.41, 5.74) is 0.687. The van der Waals surface area contributed by atoms with Crippen molar-refractivity contribution in [1.29, 1.82) is 0 Å². The molecule has 4 aromatic rings. The van der Waals surface area contributed by atoms with Crippen LogP contribution in [0.25, 0.3) is 10.2 Å². The number of amidine groups is 1. The molecule has 0 saturated heterocycles. The van der Waals surface area contributed by atoms with Gasteiger partial charge in [-0.05, 0) is 79.1 Å². The Labute approximate surface area is 368 Å². The highest BCUT2D eigenvalue weighted by Crippen LogP contribution is 2.45. The molecule has 0 radical (unpaired) electrons. The number of anilines is 2. The molecule has 336 valence electrons. The van der Waals surface area contributed by atoms with E-state index in [4.69, 9.17) is 11.6 Å². The molecular formula is C41H50ClF4N9O5S2. The molecule has 5 rings (SSSR count). The van der Waals surface area contributed by atoms with Crippen LogP contribution in [-0.4, -0.2) is 91.8 Å². The van der Waals surface area contributed by atoms with Crippen LogP contribution < -0.4 is 26.6 Å². The van der Waals surface area contributed by atoms with Crippen molar-refractivity contribution in [1.82, 2.24) is 20.9 Å². The van der Waals surface area contributed by atoms with E-state index in [1.165, 1.54) is 18.6 Å². The Morgan fingerprint density at radius 2 is 1.71 bits per heavy atom. The molecule has 1 saturated carbocycles. The van der Waals surface area contributed by atoms with Crippen molar-refractivity contribution in [2.24, 2.45) is 20.4 Å². The van der Waals surface area contributed by atoms with Gasteiger partial charge in [-0.1, -0.05) is 69.2 Å². The molecule has 2 amide bonds. The summed E-state index contributed by atoms with van der Waals surface area (Å²) in [4.78, 5) is 51.1. The van der Waals surface area contributed by atoms with Crippen molar-refractivity contribution < 1.29 is 40.9 Å². The lowest BCUT2D eigenvalue weighted by atomic mass is 9.93. The average Bonchev–Trinajstić information content (AvgIpc) is 3.89. The van der Waals surface area contributed by atoms with Crippen molar-refractivity contribution >= 4 is 91.6 Å². The number of amides is 2. The summed E-state index contributed by atoms with van der Waals surface area (Å²) in [7, 11) is 0.925. The number of benzene rings is 3. The van der Waals surface area contributed by atoms with E-state index in [2.05, 4.69) is 71.8 Å². The Bertz CT molecular complexity index is 2250.